The number of sulfone groups is 1. The standard InChI is InChI=1S/C23H25BrN4O7S/c1-32-18-11-14(12-19(33-2)20(18)34-3)27-23-26-13-16(24)22(28-23)35-17-8-6-5-7-15(17)21(29)25-9-10-36(4,30)31/h5-8,11-13H,9-10H2,1-4H3,(H,25,29)(H,26,27,28). The van der Waals surface area contributed by atoms with Gasteiger partial charge in [0.1, 0.15) is 15.6 Å². The molecule has 0 atom stereocenters. The van der Waals surface area contributed by atoms with Gasteiger partial charge in [-0.15, -0.1) is 0 Å². The summed E-state index contributed by atoms with van der Waals surface area (Å²) in [6, 6.07) is 9.94. The number of methoxy groups -OCH3 is 3. The van der Waals surface area contributed by atoms with E-state index in [9.17, 15) is 13.2 Å². The zero-order valence-electron chi connectivity index (χ0n) is 20.0. The molecule has 1 amide bonds. The largest absolute Gasteiger partial charge is 0.493 e. The first-order valence-electron chi connectivity index (χ1n) is 10.5. The van der Waals surface area contributed by atoms with E-state index in [1.165, 1.54) is 27.5 Å². The van der Waals surface area contributed by atoms with Crippen molar-refractivity contribution in [3.8, 4) is 28.9 Å². The Morgan fingerprint density at radius 2 is 1.69 bits per heavy atom. The molecule has 11 nitrogen and oxygen atoms in total. The summed E-state index contributed by atoms with van der Waals surface area (Å²) in [5, 5.41) is 5.65. The van der Waals surface area contributed by atoms with Gasteiger partial charge in [0.05, 0.1) is 43.3 Å². The number of carbonyl (C=O) groups excluding carboxylic acids is 1. The number of anilines is 2. The highest BCUT2D eigenvalue weighted by Gasteiger charge is 2.17. The van der Waals surface area contributed by atoms with Crippen LogP contribution in [0, 0.1) is 0 Å². The molecular weight excluding hydrogens is 556 g/mol. The van der Waals surface area contributed by atoms with Gasteiger partial charge in [-0.25, -0.2) is 13.4 Å². The van der Waals surface area contributed by atoms with Gasteiger partial charge in [-0.05, 0) is 28.1 Å². The van der Waals surface area contributed by atoms with E-state index in [4.69, 9.17) is 18.9 Å². The van der Waals surface area contributed by atoms with Crippen molar-refractivity contribution in [2.75, 3.05) is 45.2 Å². The van der Waals surface area contributed by atoms with E-state index in [0.29, 0.717) is 27.4 Å². The molecule has 0 fully saturated rings. The Hall–Kier alpha value is -3.58. The first-order chi connectivity index (χ1) is 17.1. The molecule has 13 heteroatoms. The van der Waals surface area contributed by atoms with Crippen LogP contribution in [-0.2, 0) is 9.84 Å². The molecule has 0 aliphatic heterocycles. The van der Waals surface area contributed by atoms with E-state index in [0.717, 1.165) is 6.26 Å². The van der Waals surface area contributed by atoms with E-state index in [1.807, 2.05) is 0 Å². The van der Waals surface area contributed by atoms with Crippen molar-refractivity contribution in [3.63, 3.8) is 0 Å². The van der Waals surface area contributed by atoms with Gasteiger partial charge in [-0.1, -0.05) is 12.1 Å². The Morgan fingerprint density at radius 3 is 2.31 bits per heavy atom. The number of hydrogen-bond donors (Lipinski definition) is 2. The number of aromatic nitrogens is 2. The molecule has 1 aromatic heterocycles. The van der Waals surface area contributed by atoms with Crippen LogP contribution in [0.3, 0.4) is 0 Å². The molecule has 2 N–H and O–H groups in total. The summed E-state index contributed by atoms with van der Waals surface area (Å²) in [4.78, 5) is 21.3. The van der Waals surface area contributed by atoms with Crippen molar-refractivity contribution in [1.82, 2.24) is 15.3 Å². The molecular formula is C23H25BrN4O7S. The molecule has 3 rings (SSSR count). The third kappa shape index (κ3) is 6.98. The van der Waals surface area contributed by atoms with Crippen LogP contribution in [0.1, 0.15) is 10.4 Å². The topological polar surface area (TPSA) is 138 Å². The van der Waals surface area contributed by atoms with Crippen molar-refractivity contribution >= 4 is 43.3 Å². The predicted molar refractivity (Wildman–Crippen MR) is 138 cm³/mol. The fourth-order valence-electron chi connectivity index (χ4n) is 3.06. The van der Waals surface area contributed by atoms with Crippen LogP contribution >= 0.6 is 15.9 Å². The Labute approximate surface area is 217 Å². The maximum atomic E-state index is 12.6. The smallest absolute Gasteiger partial charge is 0.255 e. The average molecular weight is 581 g/mol. The van der Waals surface area contributed by atoms with Crippen LogP contribution in [0.15, 0.2) is 47.1 Å². The minimum Gasteiger partial charge on any atom is -0.493 e. The Morgan fingerprint density at radius 1 is 1.03 bits per heavy atom. The number of ether oxygens (including phenoxy) is 4. The van der Waals surface area contributed by atoms with Crippen molar-refractivity contribution < 1.29 is 32.2 Å². The summed E-state index contributed by atoms with van der Waals surface area (Å²) in [6.45, 7) is -0.0218. The van der Waals surface area contributed by atoms with Gasteiger partial charge in [0.15, 0.2) is 11.5 Å². The highest BCUT2D eigenvalue weighted by atomic mass is 79.9. The summed E-state index contributed by atoms with van der Waals surface area (Å²) >= 11 is 3.36. The lowest BCUT2D eigenvalue weighted by Crippen LogP contribution is -2.29. The van der Waals surface area contributed by atoms with E-state index in [1.54, 1.807) is 36.4 Å². The zero-order valence-corrected chi connectivity index (χ0v) is 22.4. The number of benzene rings is 2. The number of halogens is 1. The number of amides is 1. The van der Waals surface area contributed by atoms with Crippen molar-refractivity contribution in [3.05, 3.63) is 52.6 Å². The number of hydrogen-bond acceptors (Lipinski definition) is 10. The van der Waals surface area contributed by atoms with Gasteiger partial charge in [-0.3, -0.25) is 4.79 Å². The number of rotatable bonds is 11. The molecule has 0 aliphatic carbocycles. The molecule has 2 aromatic carbocycles. The fourth-order valence-corrected chi connectivity index (χ4v) is 3.80. The second-order valence-corrected chi connectivity index (χ2v) is 10.5. The summed E-state index contributed by atoms with van der Waals surface area (Å²) in [5.74, 6) is 1.27. The number of carbonyl (C=O) groups is 1. The monoisotopic (exact) mass is 580 g/mol. The summed E-state index contributed by atoms with van der Waals surface area (Å²) in [6.07, 6.45) is 2.60. The highest BCUT2D eigenvalue weighted by Crippen LogP contribution is 2.40. The molecule has 0 unspecified atom stereocenters. The molecule has 0 spiro atoms. The molecule has 0 saturated heterocycles. The maximum absolute atomic E-state index is 12.6. The summed E-state index contributed by atoms with van der Waals surface area (Å²) in [5.41, 5.74) is 0.791. The Kier molecular flexibility index (Phi) is 8.93. The van der Waals surface area contributed by atoms with Gasteiger partial charge >= 0.3 is 0 Å². The lowest BCUT2D eigenvalue weighted by Gasteiger charge is -2.15. The lowest BCUT2D eigenvalue weighted by molar-refractivity contribution is 0.0953. The van der Waals surface area contributed by atoms with Crippen LogP contribution in [0.4, 0.5) is 11.6 Å². The van der Waals surface area contributed by atoms with E-state index in [2.05, 4.69) is 36.5 Å². The number of para-hydroxylation sites is 1. The van der Waals surface area contributed by atoms with E-state index >= 15 is 0 Å². The molecule has 0 saturated carbocycles. The molecule has 3 aromatic rings. The van der Waals surface area contributed by atoms with Crippen molar-refractivity contribution in [2.24, 2.45) is 0 Å². The van der Waals surface area contributed by atoms with Crippen LogP contribution in [0.5, 0.6) is 28.9 Å². The molecule has 192 valence electrons. The molecule has 0 aliphatic rings. The molecule has 1 heterocycles. The number of nitrogens with zero attached hydrogens (tertiary/aromatic N) is 2. The number of nitrogens with one attached hydrogen (secondary N) is 2. The Balaban J connectivity index is 1.84. The van der Waals surface area contributed by atoms with Crippen molar-refractivity contribution in [2.45, 2.75) is 0 Å². The Bertz CT molecular complexity index is 1330. The van der Waals surface area contributed by atoms with Crippen LogP contribution in [0.2, 0.25) is 0 Å². The van der Waals surface area contributed by atoms with Crippen LogP contribution in [0.25, 0.3) is 0 Å². The summed E-state index contributed by atoms with van der Waals surface area (Å²) < 4.78 is 45.1. The lowest BCUT2D eigenvalue weighted by atomic mass is 10.2. The van der Waals surface area contributed by atoms with E-state index < -0.39 is 15.7 Å². The normalized spacial score (nSPS) is 10.9. The maximum Gasteiger partial charge on any atom is 0.255 e. The third-order valence-electron chi connectivity index (χ3n) is 4.73. The predicted octanol–water partition coefficient (Wildman–Crippen LogP) is 3.58. The van der Waals surface area contributed by atoms with Gasteiger partial charge in [-0.2, -0.15) is 4.98 Å². The first kappa shape index (κ1) is 27.0. The van der Waals surface area contributed by atoms with Gasteiger partial charge in [0.25, 0.3) is 5.91 Å². The van der Waals surface area contributed by atoms with Crippen LogP contribution < -0.4 is 29.6 Å². The minimum atomic E-state index is -3.21. The molecule has 36 heavy (non-hydrogen) atoms. The quantitative estimate of drug-likeness (QED) is 0.346. The average Bonchev–Trinajstić information content (AvgIpc) is 2.84. The SMILES string of the molecule is COc1cc(Nc2ncc(Br)c(Oc3ccccc3C(=O)NCCS(C)(=O)=O)n2)cc(OC)c1OC. The second-order valence-electron chi connectivity index (χ2n) is 7.37. The van der Waals surface area contributed by atoms with Crippen molar-refractivity contribution in [1.29, 1.82) is 0 Å². The van der Waals surface area contributed by atoms with Gasteiger partial charge in [0, 0.05) is 30.6 Å². The minimum absolute atomic E-state index is 0.0218. The van der Waals surface area contributed by atoms with Gasteiger partial charge < -0.3 is 29.6 Å². The summed E-state index contributed by atoms with van der Waals surface area (Å²) in [7, 11) is 1.33. The first-order valence-corrected chi connectivity index (χ1v) is 13.3. The zero-order chi connectivity index (χ0) is 26.3. The van der Waals surface area contributed by atoms with E-state index in [-0.39, 0.29) is 35.4 Å². The molecule has 0 radical (unpaired) electrons. The highest BCUT2D eigenvalue weighted by molar-refractivity contribution is 9.10. The fraction of sp³-hybridized carbons (Fsp3) is 0.261. The second kappa shape index (κ2) is 11.9. The third-order valence-corrected chi connectivity index (χ3v) is 6.22. The molecule has 0 bridgehead atoms. The van der Waals surface area contributed by atoms with Gasteiger partial charge in [0.2, 0.25) is 17.6 Å². The van der Waals surface area contributed by atoms with Crippen LogP contribution in [-0.4, -0.2) is 64.2 Å².